The van der Waals surface area contributed by atoms with Gasteiger partial charge in [-0.15, -0.1) is 0 Å². The molecule has 0 aromatic carbocycles. The van der Waals surface area contributed by atoms with Gasteiger partial charge in [-0.3, -0.25) is 9.59 Å². The van der Waals surface area contributed by atoms with Gasteiger partial charge in [0.25, 0.3) is 0 Å². The highest BCUT2D eigenvalue weighted by atomic mass is 16.5. The number of amides is 3. The Morgan fingerprint density at radius 1 is 1.10 bits per heavy atom. The fourth-order valence-electron chi connectivity index (χ4n) is 1.95. The van der Waals surface area contributed by atoms with Crippen LogP contribution in [0.3, 0.4) is 0 Å². The Labute approximate surface area is 117 Å². The number of carbonyl (C=O) groups is 3. The Hall–Kier alpha value is -1.83. The van der Waals surface area contributed by atoms with Crippen molar-refractivity contribution in [3.05, 3.63) is 0 Å². The Morgan fingerprint density at radius 3 is 2.25 bits per heavy atom. The van der Waals surface area contributed by atoms with Gasteiger partial charge in [0, 0.05) is 39.8 Å². The topological polar surface area (TPSA) is 117 Å². The maximum absolute atomic E-state index is 11.5. The van der Waals surface area contributed by atoms with E-state index in [1.54, 1.807) is 0 Å². The molecule has 114 valence electrons. The van der Waals surface area contributed by atoms with Crippen LogP contribution in [-0.2, 0) is 14.3 Å². The maximum atomic E-state index is 11.5. The van der Waals surface area contributed by atoms with E-state index in [0.29, 0.717) is 32.6 Å². The van der Waals surface area contributed by atoms with Crippen LogP contribution in [0.25, 0.3) is 0 Å². The Kier molecular flexibility index (Phi) is 6.23. The number of urea groups is 1. The van der Waals surface area contributed by atoms with Gasteiger partial charge in [-0.2, -0.15) is 0 Å². The molecule has 0 unspecified atom stereocenters. The molecule has 0 radical (unpaired) electrons. The summed E-state index contributed by atoms with van der Waals surface area (Å²) in [5, 5.41) is 17.0. The third-order valence-corrected chi connectivity index (χ3v) is 3.28. The van der Waals surface area contributed by atoms with Gasteiger partial charge >= 0.3 is 12.0 Å². The van der Waals surface area contributed by atoms with Crippen LogP contribution in [0.4, 0.5) is 4.79 Å². The molecule has 1 aliphatic heterocycles. The largest absolute Gasteiger partial charge is 0.481 e. The highest BCUT2D eigenvalue weighted by Gasteiger charge is 2.40. The molecule has 0 saturated carbocycles. The van der Waals surface area contributed by atoms with Crippen molar-refractivity contribution in [2.45, 2.75) is 19.8 Å². The van der Waals surface area contributed by atoms with Crippen molar-refractivity contribution in [3.63, 3.8) is 0 Å². The lowest BCUT2D eigenvalue weighted by Gasteiger charge is -2.33. The molecule has 1 rings (SSSR count). The first kappa shape index (κ1) is 16.2. The molecule has 8 heteroatoms. The molecule has 0 aromatic heterocycles. The molecular formula is C12H21N3O5. The monoisotopic (exact) mass is 287 g/mol. The minimum atomic E-state index is -0.951. The van der Waals surface area contributed by atoms with Crippen LogP contribution in [0, 0.1) is 5.41 Å². The van der Waals surface area contributed by atoms with Gasteiger partial charge in [-0.05, 0) is 12.8 Å². The SMILES string of the molecule is CC(=O)NCCNC(=O)NCC1(C(=O)O)CCOCC1. The van der Waals surface area contributed by atoms with E-state index in [0.717, 1.165) is 0 Å². The molecule has 0 bridgehead atoms. The highest BCUT2D eigenvalue weighted by Crippen LogP contribution is 2.29. The summed E-state index contributed by atoms with van der Waals surface area (Å²) >= 11 is 0. The summed E-state index contributed by atoms with van der Waals surface area (Å²) in [5.74, 6) is -1.08. The number of ether oxygens (including phenoxy) is 1. The number of carbonyl (C=O) groups excluding carboxylic acids is 2. The van der Waals surface area contributed by atoms with Crippen LogP contribution < -0.4 is 16.0 Å². The average Bonchev–Trinajstić information content (AvgIpc) is 2.42. The predicted octanol–water partition coefficient (Wildman–Crippen LogP) is -0.697. The summed E-state index contributed by atoms with van der Waals surface area (Å²) in [6.45, 7) is 2.85. The predicted molar refractivity (Wildman–Crippen MR) is 70.2 cm³/mol. The first-order chi connectivity index (χ1) is 9.46. The van der Waals surface area contributed by atoms with Gasteiger partial charge in [0.1, 0.15) is 0 Å². The Balaban J connectivity index is 2.30. The van der Waals surface area contributed by atoms with E-state index in [1.807, 2.05) is 0 Å². The second-order valence-electron chi connectivity index (χ2n) is 4.79. The van der Waals surface area contributed by atoms with Crippen molar-refractivity contribution >= 4 is 17.9 Å². The molecule has 8 nitrogen and oxygen atoms in total. The second-order valence-corrected chi connectivity index (χ2v) is 4.79. The number of nitrogens with one attached hydrogen (secondary N) is 3. The molecule has 0 aromatic rings. The molecule has 0 spiro atoms. The number of carboxylic acid groups (broad SMARTS) is 1. The zero-order chi connectivity index (χ0) is 15.0. The summed E-state index contributed by atoms with van der Waals surface area (Å²) in [6, 6.07) is -0.442. The van der Waals surface area contributed by atoms with Crippen molar-refractivity contribution in [3.8, 4) is 0 Å². The van der Waals surface area contributed by atoms with E-state index >= 15 is 0 Å². The van der Waals surface area contributed by atoms with Crippen molar-refractivity contribution in [2.24, 2.45) is 5.41 Å². The van der Waals surface area contributed by atoms with Crippen molar-refractivity contribution in [2.75, 3.05) is 32.8 Å². The van der Waals surface area contributed by atoms with Crippen LogP contribution in [0.1, 0.15) is 19.8 Å². The highest BCUT2D eigenvalue weighted by molar-refractivity contribution is 5.78. The van der Waals surface area contributed by atoms with Crippen LogP contribution in [0.5, 0.6) is 0 Å². The quantitative estimate of drug-likeness (QED) is 0.482. The van der Waals surface area contributed by atoms with Crippen LogP contribution in [0.2, 0.25) is 0 Å². The third-order valence-electron chi connectivity index (χ3n) is 3.28. The van der Waals surface area contributed by atoms with Gasteiger partial charge in [-0.1, -0.05) is 0 Å². The number of hydrogen-bond donors (Lipinski definition) is 4. The number of hydrogen-bond acceptors (Lipinski definition) is 4. The number of aliphatic carboxylic acids is 1. The molecule has 3 amide bonds. The lowest BCUT2D eigenvalue weighted by atomic mass is 9.80. The van der Waals surface area contributed by atoms with E-state index in [-0.39, 0.29) is 19.0 Å². The summed E-state index contributed by atoms with van der Waals surface area (Å²) in [7, 11) is 0. The van der Waals surface area contributed by atoms with Gasteiger partial charge in [0.05, 0.1) is 5.41 Å². The zero-order valence-electron chi connectivity index (χ0n) is 11.5. The molecule has 4 N–H and O–H groups in total. The molecule has 1 saturated heterocycles. The van der Waals surface area contributed by atoms with E-state index in [4.69, 9.17) is 4.74 Å². The fourth-order valence-corrected chi connectivity index (χ4v) is 1.95. The first-order valence-electron chi connectivity index (χ1n) is 6.53. The summed E-state index contributed by atoms with van der Waals surface area (Å²) in [6.07, 6.45) is 0.767. The Bertz CT molecular complexity index is 366. The van der Waals surface area contributed by atoms with Crippen molar-refractivity contribution in [1.29, 1.82) is 0 Å². The lowest BCUT2D eigenvalue weighted by molar-refractivity contribution is -0.154. The normalized spacial score (nSPS) is 17.1. The third kappa shape index (κ3) is 5.04. The van der Waals surface area contributed by atoms with E-state index in [2.05, 4.69) is 16.0 Å². The summed E-state index contributed by atoms with van der Waals surface area (Å²) < 4.78 is 5.15. The maximum Gasteiger partial charge on any atom is 0.314 e. The molecule has 0 aliphatic carbocycles. The number of rotatable bonds is 6. The van der Waals surface area contributed by atoms with Crippen LogP contribution in [-0.4, -0.2) is 55.9 Å². The first-order valence-corrected chi connectivity index (χ1v) is 6.53. The van der Waals surface area contributed by atoms with E-state index in [1.165, 1.54) is 6.92 Å². The Morgan fingerprint density at radius 2 is 1.70 bits per heavy atom. The lowest BCUT2D eigenvalue weighted by Crippen LogP contribution is -2.49. The molecule has 1 fully saturated rings. The molecule has 1 heterocycles. The standard InChI is InChI=1S/C12H21N3O5/c1-9(16)13-4-5-14-11(19)15-8-12(10(17)18)2-6-20-7-3-12/h2-8H2,1H3,(H,13,16)(H,17,18)(H2,14,15,19). The molecular weight excluding hydrogens is 266 g/mol. The minimum Gasteiger partial charge on any atom is -0.481 e. The molecule has 1 aliphatic rings. The van der Waals surface area contributed by atoms with Crippen molar-refractivity contribution < 1.29 is 24.2 Å². The van der Waals surface area contributed by atoms with Crippen LogP contribution in [0.15, 0.2) is 0 Å². The smallest absolute Gasteiger partial charge is 0.314 e. The molecule has 20 heavy (non-hydrogen) atoms. The summed E-state index contributed by atoms with van der Waals surface area (Å²) in [5.41, 5.74) is -0.951. The van der Waals surface area contributed by atoms with Gasteiger partial charge < -0.3 is 25.8 Å². The van der Waals surface area contributed by atoms with Gasteiger partial charge in [-0.25, -0.2) is 4.79 Å². The fraction of sp³-hybridized carbons (Fsp3) is 0.750. The van der Waals surface area contributed by atoms with E-state index in [9.17, 15) is 19.5 Å². The van der Waals surface area contributed by atoms with Crippen LogP contribution >= 0.6 is 0 Å². The zero-order valence-corrected chi connectivity index (χ0v) is 11.5. The number of carboxylic acids is 1. The van der Waals surface area contributed by atoms with Gasteiger partial charge in [0.15, 0.2) is 0 Å². The minimum absolute atomic E-state index is 0.0671. The van der Waals surface area contributed by atoms with E-state index < -0.39 is 17.4 Å². The second kappa shape index (κ2) is 7.68. The summed E-state index contributed by atoms with van der Waals surface area (Å²) in [4.78, 5) is 33.5. The van der Waals surface area contributed by atoms with Gasteiger partial charge in [0.2, 0.25) is 5.91 Å². The molecule has 0 atom stereocenters. The van der Waals surface area contributed by atoms with Crippen molar-refractivity contribution in [1.82, 2.24) is 16.0 Å². The average molecular weight is 287 g/mol.